The van der Waals surface area contributed by atoms with Crippen LogP contribution in [0.15, 0.2) is 28.5 Å². The molecule has 1 fully saturated rings. The zero-order valence-corrected chi connectivity index (χ0v) is 25.3. The maximum Gasteiger partial charge on any atom is 0.407 e. The van der Waals surface area contributed by atoms with E-state index in [0.29, 0.717) is 30.2 Å². The average Bonchev–Trinajstić information content (AvgIpc) is 3.29. The van der Waals surface area contributed by atoms with Crippen molar-refractivity contribution in [2.45, 2.75) is 50.1 Å². The Morgan fingerprint density at radius 2 is 1.79 bits per heavy atom. The molecular formula is C25H35F3N6O6S2. The minimum atomic E-state index is -4.75. The first-order chi connectivity index (χ1) is 19.5. The number of anilines is 3. The molecular weight excluding hydrogens is 601 g/mol. The topological polar surface area (TPSA) is 142 Å². The van der Waals surface area contributed by atoms with Gasteiger partial charge in [0, 0.05) is 37.6 Å². The first-order valence-electron chi connectivity index (χ1n) is 13.1. The number of aryl methyl sites for hydroxylation is 1. The van der Waals surface area contributed by atoms with Gasteiger partial charge in [0.25, 0.3) is 10.0 Å². The third kappa shape index (κ3) is 10.3. The van der Waals surface area contributed by atoms with Crippen LogP contribution in [0.4, 0.5) is 39.3 Å². The van der Waals surface area contributed by atoms with Crippen molar-refractivity contribution in [1.82, 2.24) is 15.0 Å². The summed E-state index contributed by atoms with van der Waals surface area (Å²) in [6, 6.07) is 6.48. The number of urea groups is 1. The van der Waals surface area contributed by atoms with Crippen LogP contribution in [0.25, 0.3) is 0 Å². The van der Waals surface area contributed by atoms with Crippen LogP contribution >= 0.6 is 11.3 Å². The van der Waals surface area contributed by atoms with Gasteiger partial charge >= 0.3 is 18.3 Å². The molecule has 1 aromatic carbocycles. The zero-order valence-electron chi connectivity index (χ0n) is 23.7. The van der Waals surface area contributed by atoms with Gasteiger partial charge in [-0.15, -0.1) is 0 Å². The summed E-state index contributed by atoms with van der Waals surface area (Å²) in [7, 11) is -4.55. The second kappa shape index (κ2) is 13.9. The van der Waals surface area contributed by atoms with Gasteiger partial charge in [-0.2, -0.15) is 13.2 Å². The van der Waals surface area contributed by atoms with Gasteiger partial charge in [-0.1, -0.05) is 11.3 Å². The van der Waals surface area contributed by atoms with Gasteiger partial charge in [-0.25, -0.2) is 27.7 Å². The van der Waals surface area contributed by atoms with Crippen LogP contribution in [0.3, 0.4) is 0 Å². The van der Waals surface area contributed by atoms with Crippen molar-refractivity contribution >= 4 is 50.0 Å². The molecule has 3 N–H and O–H groups in total. The van der Waals surface area contributed by atoms with Crippen molar-refractivity contribution in [3.63, 3.8) is 0 Å². The first kappa shape index (κ1) is 33.4. The molecule has 0 bridgehead atoms. The second-order valence-electron chi connectivity index (χ2n) is 10.3. The fraction of sp³-hybridized carbons (Fsp3) is 0.560. The molecule has 0 atom stereocenters. The number of alkyl halides is 3. The number of sulfonamides is 1. The van der Waals surface area contributed by atoms with Gasteiger partial charge < -0.3 is 25.0 Å². The lowest BCUT2D eigenvalue weighted by atomic mass is 10.2. The van der Waals surface area contributed by atoms with E-state index in [1.165, 1.54) is 16.5 Å². The normalized spacial score (nSPS) is 14.4. The highest BCUT2D eigenvalue weighted by atomic mass is 32.2. The number of carbonyl (C=O) groups is 2. The molecule has 0 unspecified atom stereocenters. The maximum atomic E-state index is 13.4. The number of ether oxygens (including phenoxy) is 2. The monoisotopic (exact) mass is 636 g/mol. The van der Waals surface area contributed by atoms with Gasteiger partial charge in [-0.3, -0.25) is 4.90 Å². The van der Waals surface area contributed by atoms with E-state index in [-0.39, 0.29) is 30.3 Å². The summed E-state index contributed by atoms with van der Waals surface area (Å²) in [5, 5.41) is 5.29. The summed E-state index contributed by atoms with van der Waals surface area (Å²) in [5.41, 5.74) is 0.651. The molecule has 3 amide bonds. The molecule has 2 heterocycles. The van der Waals surface area contributed by atoms with E-state index in [2.05, 4.69) is 20.5 Å². The predicted molar refractivity (Wildman–Crippen MR) is 153 cm³/mol. The quantitative estimate of drug-likeness (QED) is 0.331. The van der Waals surface area contributed by atoms with Gasteiger partial charge in [0.15, 0.2) is 9.34 Å². The number of nitrogens with zero attached hydrogens (tertiary/aromatic N) is 3. The molecule has 2 aromatic rings. The Balaban J connectivity index is 1.76. The zero-order chi connectivity index (χ0) is 31.1. The van der Waals surface area contributed by atoms with Crippen molar-refractivity contribution in [3.05, 3.63) is 30.0 Å². The minimum Gasteiger partial charge on any atom is -0.444 e. The lowest BCUT2D eigenvalue weighted by Crippen LogP contribution is -2.38. The van der Waals surface area contributed by atoms with Crippen LogP contribution in [0, 0.1) is 6.92 Å². The van der Waals surface area contributed by atoms with E-state index in [0.717, 1.165) is 18.8 Å². The van der Waals surface area contributed by atoms with Crippen LogP contribution in [0.2, 0.25) is 0 Å². The molecule has 1 aromatic heterocycles. The summed E-state index contributed by atoms with van der Waals surface area (Å²) in [5.74, 6) is 0. The Morgan fingerprint density at radius 1 is 1.14 bits per heavy atom. The number of morpholine rings is 1. The molecule has 3 rings (SSSR count). The van der Waals surface area contributed by atoms with Crippen molar-refractivity contribution in [2.24, 2.45) is 0 Å². The highest BCUT2D eigenvalue weighted by Gasteiger charge is 2.33. The third-order valence-corrected chi connectivity index (χ3v) is 8.84. The molecule has 12 nitrogen and oxygen atoms in total. The number of carbonyl (C=O) groups excluding carboxylic acids is 2. The Labute approximate surface area is 246 Å². The summed E-state index contributed by atoms with van der Waals surface area (Å²) >= 11 is 0.563. The standard InChI is InChI=1S/C25H35F3N6O6S2/c1-17-20(42(37,38)30-16-25(26,27)28)41-22(31-17)34(11-5-10-29-23(36)40-24(2,3)4)21(35)32-18-6-8-19(9-7-18)33-12-14-39-15-13-33/h6-9,30H,5,10-16H2,1-4H3,(H,29,36)(H,32,35). The molecule has 17 heteroatoms. The van der Waals surface area contributed by atoms with Crippen LogP contribution in [-0.4, -0.2) is 83.2 Å². The van der Waals surface area contributed by atoms with Crippen molar-refractivity contribution in [3.8, 4) is 0 Å². The number of aromatic nitrogens is 1. The van der Waals surface area contributed by atoms with Crippen molar-refractivity contribution in [1.29, 1.82) is 0 Å². The highest BCUT2D eigenvalue weighted by Crippen LogP contribution is 2.31. The van der Waals surface area contributed by atoms with E-state index in [9.17, 15) is 31.2 Å². The number of thiazole rings is 1. The van der Waals surface area contributed by atoms with Gasteiger partial charge in [0.05, 0.1) is 18.9 Å². The first-order valence-corrected chi connectivity index (χ1v) is 15.4. The number of hydrogen-bond acceptors (Lipinski definition) is 9. The summed E-state index contributed by atoms with van der Waals surface area (Å²) in [4.78, 5) is 32.8. The molecule has 234 valence electrons. The maximum absolute atomic E-state index is 13.4. The number of amides is 3. The van der Waals surface area contributed by atoms with Gasteiger partial charge in [0.2, 0.25) is 0 Å². The SMILES string of the molecule is Cc1nc(N(CCCNC(=O)OC(C)(C)C)C(=O)Nc2ccc(N3CCOCC3)cc2)sc1S(=O)(=O)NCC(F)(F)F. The Hall–Kier alpha value is -3.15. The number of benzene rings is 1. The lowest BCUT2D eigenvalue weighted by molar-refractivity contribution is -0.121. The summed E-state index contributed by atoms with van der Waals surface area (Å²) < 4.78 is 74.7. The lowest BCUT2D eigenvalue weighted by Gasteiger charge is -2.29. The Kier molecular flexibility index (Phi) is 11.0. The smallest absolute Gasteiger partial charge is 0.407 e. The van der Waals surface area contributed by atoms with E-state index < -0.39 is 44.7 Å². The van der Waals surface area contributed by atoms with Gasteiger partial charge in [-0.05, 0) is 58.4 Å². The van der Waals surface area contributed by atoms with E-state index in [1.54, 1.807) is 32.9 Å². The highest BCUT2D eigenvalue weighted by molar-refractivity contribution is 7.91. The predicted octanol–water partition coefficient (Wildman–Crippen LogP) is 4.08. The summed E-state index contributed by atoms with van der Waals surface area (Å²) in [6.45, 7) is 7.55. The molecule has 0 spiro atoms. The van der Waals surface area contributed by atoms with E-state index in [4.69, 9.17) is 9.47 Å². The van der Waals surface area contributed by atoms with E-state index >= 15 is 0 Å². The molecule has 1 aliphatic heterocycles. The van der Waals surface area contributed by atoms with E-state index in [1.807, 2.05) is 12.1 Å². The van der Waals surface area contributed by atoms with Crippen molar-refractivity contribution in [2.75, 3.05) is 61.1 Å². The Bertz CT molecular complexity index is 1320. The number of hydrogen-bond donors (Lipinski definition) is 3. The largest absolute Gasteiger partial charge is 0.444 e. The fourth-order valence-corrected chi connectivity index (χ4v) is 6.35. The van der Waals surface area contributed by atoms with Crippen LogP contribution in [0.1, 0.15) is 32.9 Å². The number of rotatable bonds is 10. The van der Waals surface area contributed by atoms with Crippen LogP contribution < -0.4 is 25.2 Å². The number of nitrogens with one attached hydrogen (secondary N) is 3. The Morgan fingerprint density at radius 3 is 2.38 bits per heavy atom. The van der Waals surface area contributed by atoms with Gasteiger partial charge in [0.1, 0.15) is 12.1 Å². The second-order valence-corrected chi connectivity index (χ2v) is 13.3. The molecule has 1 saturated heterocycles. The molecule has 0 aliphatic carbocycles. The third-order valence-electron chi connectivity index (χ3n) is 5.65. The molecule has 42 heavy (non-hydrogen) atoms. The molecule has 0 saturated carbocycles. The van der Waals surface area contributed by atoms with Crippen molar-refractivity contribution < 1.29 is 40.7 Å². The van der Waals surface area contributed by atoms with Crippen LogP contribution in [0.5, 0.6) is 0 Å². The van der Waals surface area contributed by atoms with Crippen LogP contribution in [-0.2, 0) is 19.5 Å². The molecule has 0 radical (unpaired) electrons. The minimum absolute atomic E-state index is 0.00405. The fourth-order valence-electron chi connectivity index (χ4n) is 3.77. The number of halogens is 3. The average molecular weight is 637 g/mol. The number of alkyl carbamates (subject to hydrolysis) is 1. The summed E-state index contributed by atoms with van der Waals surface area (Å²) in [6.07, 6.45) is -5.16. The molecule has 1 aliphatic rings.